The number of benzene rings is 1. The Balaban J connectivity index is 2.67. The summed E-state index contributed by atoms with van der Waals surface area (Å²) < 4.78 is 4.84. The maximum absolute atomic E-state index is 11.8. The number of likely N-dealkylation sites (N-methyl/N-ethyl adjacent to an activating group) is 1. The van der Waals surface area contributed by atoms with Gasteiger partial charge in [0.05, 0.1) is 7.11 Å². The Morgan fingerprint density at radius 2 is 2.16 bits per heavy atom. The van der Waals surface area contributed by atoms with Crippen LogP contribution in [0.15, 0.2) is 24.3 Å². The van der Waals surface area contributed by atoms with Crippen LogP contribution in [0.5, 0.6) is 0 Å². The van der Waals surface area contributed by atoms with E-state index in [-0.39, 0.29) is 5.97 Å². The number of nitrogens with one attached hydrogen (secondary N) is 1. The summed E-state index contributed by atoms with van der Waals surface area (Å²) in [6, 6.07) is 8.32. The van der Waals surface area contributed by atoms with Crippen LogP contribution in [0.25, 0.3) is 0 Å². The molecule has 1 atom stereocenters. The van der Waals surface area contributed by atoms with Crippen molar-refractivity contribution in [2.24, 2.45) is 0 Å². The maximum Gasteiger partial charge on any atom is 0.325 e. The Morgan fingerprint density at radius 3 is 2.68 bits per heavy atom. The molecule has 0 saturated carbocycles. The zero-order valence-corrected chi connectivity index (χ0v) is 12.5. The number of nitrogens with zero attached hydrogens (tertiary/aromatic N) is 1. The van der Waals surface area contributed by atoms with Gasteiger partial charge in [0.15, 0.2) is 0 Å². The molecule has 0 aliphatic heterocycles. The first kappa shape index (κ1) is 15.5. The Bertz CT molecular complexity index is 434. The molecular weight excluding hydrogens is 240 g/mol. The van der Waals surface area contributed by atoms with Gasteiger partial charge in [0.1, 0.15) is 5.54 Å². The van der Waals surface area contributed by atoms with Gasteiger partial charge in [-0.25, -0.2) is 0 Å². The molecular formula is C15H24N2O2. The van der Waals surface area contributed by atoms with Gasteiger partial charge in [-0.1, -0.05) is 12.1 Å². The topological polar surface area (TPSA) is 41.6 Å². The molecule has 0 aliphatic carbocycles. The Hall–Kier alpha value is -1.55. The normalized spacial score (nSPS) is 13.7. The standard InChI is InChI=1S/C15H24N2O2/c1-12-7-6-8-13(11-12)17(4)10-9-15(2,16-3)14(18)19-5/h6-8,11,16H,9-10H2,1-5H3. The van der Waals surface area contributed by atoms with Crippen LogP contribution in [0, 0.1) is 6.92 Å². The number of anilines is 1. The molecule has 0 bridgehead atoms. The van der Waals surface area contributed by atoms with E-state index in [9.17, 15) is 4.79 Å². The molecule has 0 radical (unpaired) electrons. The third kappa shape index (κ3) is 3.96. The van der Waals surface area contributed by atoms with Crippen LogP contribution in [0.2, 0.25) is 0 Å². The number of carbonyl (C=O) groups excluding carboxylic acids is 1. The lowest BCUT2D eigenvalue weighted by Gasteiger charge is -2.29. The molecule has 1 aromatic rings. The largest absolute Gasteiger partial charge is 0.468 e. The third-order valence-electron chi connectivity index (χ3n) is 3.58. The minimum absolute atomic E-state index is 0.229. The molecule has 1 N–H and O–H groups in total. The van der Waals surface area contributed by atoms with E-state index in [1.54, 1.807) is 7.05 Å². The number of rotatable bonds is 6. The molecule has 1 unspecified atom stereocenters. The predicted molar refractivity (Wildman–Crippen MR) is 78.5 cm³/mol. The zero-order chi connectivity index (χ0) is 14.5. The first-order valence-electron chi connectivity index (χ1n) is 6.48. The van der Waals surface area contributed by atoms with E-state index in [0.29, 0.717) is 6.42 Å². The van der Waals surface area contributed by atoms with Gasteiger partial charge >= 0.3 is 5.97 Å². The average Bonchev–Trinajstić information content (AvgIpc) is 2.43. The molecule has 0 amide bonds. The second-order valence-electron chi connectivity index (χ2n) is 5.08. The van der Waals surface area contributed by atoms with E-state index in [1.807, 2.05) is 20.0 Å². The predicted octanol–water partition coefficient (Wildman–Crippen LogP) is 1.97. The molecule has 0 aromatic heterocycles. The smallest absolute Gasteiger partial charge is 0.325 e. The van der Waals surface area contributed by atoms with Crippen LogP contribution in [-0.4, -0.2) is 39.3 Å². The first-order chi connectivity index (χ1) is 8.92. The molecule has 4 heteroatoms. The van der Waals surface area contributed by atoms with Gasteiger partial charge < -0.3 is 15.0 Å². The van der Waals surface area contributed by atoms with Crippen LogP contribution in [0.3, 0.4) is 0 Å². The second kappa shape index (κ2) is 6.57. The fraction of sp³-hybridized carbons (Fsp3) is 0.533. The minimum Gasteiger partial charge on any atom is -0.468 e. The van der Waals surface area contributed by atoms with Crippen LogP contribution in [0.1, 0.15) is 18.9 Å². The van der Waals surface area contributed by atoms with Gasteiger partial charge in [-0.2, -0.15) is 0 Å². The second-order valence-corrected chi connectivity index (χ2v) is 5.08. The van der Waals surface area contributed by atoms with E-state index in [2.05, 4.69) is 35.3 Å². The fourth-order valence-electron chi connectivity index (χ4n) is 1.94. The lowest BCUT2D eigenvalue weighted by atomic mass is 9.98. The number of aryl methyl sites for hydroxylation is 1. The summed E-state index contributed by atoms with van der Waals surface area (Å²) in [6.07, 6.45) is 0.681. The summed E-state index contributed by atoms with van der Waals surface area (Å²) in [5.74, 6) is -0.229. The zero-order valence-electron chi connectivity index (χ0n) is 12.5. The van der Waals surface area contributed by atoms with Crippen molar-refractivity contribution in [1.29, 1.82) is 0 Å². The molecule has 0 heterocycles. The van der Waals surface area contributed by atoms with Crippen LogP contribution < -0.4 is 10.2 Å². The van der Waals surface area contributed by atoms with E-state index >= 15 is 0 Å². The highest BCUT2D eigenvalue weighted by Gasteiger charge is 2.32. The Morgan fingerprint density at radius 1 is 1.47 bits per heavy atom. The van der Waals surface area contributed by atoms with Crippen LogP contribution in [-0.2, 0) is 9.53 Å². The molecule has 1 rings (SSSR count). The number of hydrogen-bond donors (Lipinski definition) is 1. The number of esters is 1. The van der Waals surface area contributed by atoms with Crippen molar-refractivity contribution in [3.05, 3.63) is 29.8 Å². The maximum atomic E-state index is 11.8. The molecule has 0 spiro atoms. The number of methoxy groups -OCH3 is 1. The third-order valence-corrected chi connectivity index (χ3v) is 3.58. The summed E-state index contributed by atoms with van der Waals surface area (Å²) in [6.45, 7) is 4.71. The number of ether oxygens (including phenoxy) is 1. The Kier molecular flexibility index (Phi) is 5.36. The van der Waals surface area contributed by atoms with Crippen molar-refractivity contribution in [3.8, 4) is 0 Å². The van der Waals surface area contributed by atoms with Crippen molar-refractivity contribution in [3.63, 3.8) is 0 Å². The highest BCUT2D eigenvalue weighted by molar-refractivity contribution is 5.80. The van der Waals surface area contributed by atoms with Gasteiger partial charge in [-0.15, -0.1) is 0 Å². The molecule has 4 nitrogen and oxygen atoms in total. The fourth-order valence-corrected chi connectivity index (χ4v) is 1.94. The monoisotopic (exact) mass is 264 g/mol. The van der Waals surface area contributed by atoms with E-state index in [1.165, 1.54) is 12.7 Å². The van der Waals surface area contributed by atoms with Crippen molar-refractivity contribution in [2.45, 2.75) is 25.8 Å². The highest BCUT2D eigenvalue weighted by Crippen LogP contribution is 2.17. The van der Waals surface area contributed by atoms with Gasteiger partial charge in [0.2, 0.25) is 0 Å². The molecule has 1 aromatic carbocycles. The van der Waals surface area contributed by atoms with E-state index in [0.717, 1.165) is 12.2 Å². The van der Waals surface area contributed by atoms with Crippen LogP contribution >= 0.6 is 0 Å². The molecule has 0 fully saturated rings. The summed E-state index contributed by atoms with van der Waals surface area (Å²) in [5, 5.41) is 3.05. The van der Waals surface area contributed by atoms with E-state index in [4.69, 9.17) is 4.74 Å². The lowest BCUT2D eigenvalue weighted by molar-refractivity contribution is -0.147. The SMILES string of the molecule is CNC(C)(CCN(C)c1cccc(C)c1)C(=O)OC. The lowest BCUT2D eigenvalue weighted by Crippen LogP contribution is -2.50. The van der Waals surface area contributed by atoms with Gasteiger partial charge in [0.25, 0.3) is 0 Å². The van der Waals surface area contributed by atoms with E-state index < -0.39 is 5.54 Å². The Labute approximate surface area is 115 Å². The number of hydrogen-bond acceptors (Lipinski definition) is 4. The quantitative estimate of drug-likeness (QED) is 0.798. The van der Waals surface area contributed by atoms with Crippen molar-refractivity contribution < 1.29 is 9.53 Å². The summed E-state index contributed by atoms with van der Waals surface area (Å²) in [7, 11) is 5.23. The van der Waals surface area contributed by atoms with Crippen LogP contribution in [0.4, 0.5) is 5.69 Å². The molecule has 0 saturated heterocycles. The summed E-state index contributed by atoms with van der Waals surface area (Å²) in [4.78, 5) is 13.9. The van der Waals surface area contributed by atoms with Gasteiger partial charge in [-0.05, 0) is 45.0 Å². The average molecular weight is 264 g/mol. The summed E-state index contributed by atoms with van der Waals surface area (Å²) >= 11 is 0. The molecule has 0 aliphatic rings. The van der Waals surface area contributed by atoms with Crippen molar-refractivity contribution in [1.82, 2.24) is 5.32 Å². The first-order valence-corrected chi connectivity index (χ1v) is 6.48. The minimum atomic E-state index is -0.646. The van der Waals surface area contributed by atoms with Gasteiger partial charge in [0, 0.05) is 19.3 Å². The molecule has 106 valence electrons. The number of carbonyl (C=O) groups is 1. The van der Waals surface area contributed by atoms with Crippen molar-refractivity contribution in [2.75, 3.05) is 32.6 Å². The summed E-state index contributed by atoms with van der Waals surface area (Å²) in [5.41, 5.74) is 1.74. The van der Waals surface area contributed by atoms with Crippen molar-refractivity contribution >= 4 is 11.7 Å². The van der Waals surface area contributed by atoms with Gasteiger partial charge in [-0.3, -0.25) is 4.79 Å². The molecule has 19 heavy (non-hydrogen) atoms. The highest BCUT2D eigenvalue weighted by atomic mass is 16.5.